The van der Waals surface area contributed by atoms with Crippen molar-refractivity contribution in [3.63, 3.8) is 0 Å². The minimum Gasteiger partial charge on any atom is -0.487 e. The molecule has 0 saturated heterocycles. The SMILES string of the molecule is CCC(C)CC(NCCN=COC)C(C)CC. The first kappa shape index (κ1) is 16.4. The predicted octanol–water partition coefficient (Wildman–Crippen LogP) is 3.10. The number of nitrogens with one attached hydrogen (secondary N) is 1. The van der Waals surface area contributed by atoms with Crippen LogP contribution in [0.25, 0.3) is 0 Å². The zero-order chi connectivity index (χ0) is 13.1. The van der Waals surface area contributed by atoms with E-state index in [1.54, 1.807) is 7.11 Å². The van der Waals surface area contributed by atoms with Crippen molar-refractivity contribution in [1.82, 2.24) is 5.32 Å². The lowest BCUT2D eigenvalue weighted by Gasteiger charge is -2.26. The molecule has 17 heavy (non-hydrogen) atoms. The molecular weight excluding hydrogens is 212 g/mol. The van der Waals surface area contributed by atoms with E-state index >= 15 is 0 Å². The summed E-state index contributed by atoms with van der Waals surface area (Å²) in [7, 11) is 1.63. The van der Waals surface area contributed by atoms with Crippen molar-refractivity contribution >= 4 is 6.40 Å². The summed E-state index contributed by atoms with van der Waals surface area (Å²) in [6.45, 7) is 10.9. The number of hydrogen-bond donors (Lipinski definition) is 1. The molecule has 0 saturated carbocycles. The standard InChI is InChI=1S/C14H30N2O/c1-6-12(3)10-14(13(4)7-2)16-9-8-15-11-17-5/h11-14,16H,6-10H2,1-5H3. The van der Waals surface area contributed by atoms with Gasteiger partial charge in [-0.1, -0.05) is 40.5 Å². The van der Waals surface area contributed by atoms with Crippen LogP contribution in [-0.4, -0.2) is 32.6 Å². The zero-order valence-electron chi connectivity index (χ0n) is 12.2. The third-order valence-corrected chi connectivity index (χ3v) is 3.51. The first-order valence-electron chi connectivity index (χ1n) is 6.90. The van der Waals surface area contributed by atoms with E-state index in [9.17, 15) is 0 Å². The van der Waals surface area contributed by atoms with Gasteiger partial charge in [0, 0.05) is 12.6 Å². The minimum absolute atomic E-state index is 0.618. The van der Waals surface area contributed by atoms with E-state index in [1.165, 1.54) is 25.7 Å². The molecule has 0 fully saturated rings. The van der Waals surface area contributed by atoms with Gasteiger partial charge in [0.05, 0.1) is 13.7 Å². The molecule has 0 bridgehead atoms. The van der Waals surface area contributed by atoms with Gasteiger partial charge in [-0.3, -0.25) is 4.99 Å². The van der Waals surface area contributed by atoms with Crippen molar-refractivity contribution < 1.29 is 4.74 Å². The van der Waals surface area contributed by atoms with Crippen molar-refractivity contribution in [1.29, 1.82) is 0 Å². The normalized spacial score (nSPS) is 17.0. The van der Waals surface area contributed by atoms with Crippen molar-refractivity contribution in [3.8, 4) is 0 Å². The second kappa shape index (κ2) is 10.6. The molecule has 1 N–H and O–H groups in total. The first-order chi connectivity index (χ1) is 8.15. The van der Waals surface area contributed by atoms with Crippen molar-refractivity contribution in [3.05, 3.63) is 0 Å². The second-order valence-corrected chi connectivity index (χ2v) is 4.94. The highest BCUT2D eigenvalue weighted by Gasteiger charge is 2.17. The van der Waals surface area contributed by atoms with Gasteiger partial charge < -0.3 is 10.1 Å². The number of rotatable bonds is 10. The lowest BCUT2D eigenvalue weighted by molar-refractivity contribution is 0.306. The van der Waals surface area contributed by atoms with E-state index in [0.29, 0.717) is 6.04 Å². The molecule has 0 aliphatic carbocycles. The summed E-state index contributed by atoms with van der Waals surface area (Å²) in [5, 5.41) is 3.63. The fraction of sp³-hybridized carbons (Fsp3) is 0.929. The Labute approximate surface area is 107 Å². The molecule has 0 aliphatic rings. The fourth-order valence-corrected chi connectivity index (χ4v) is 1.84. The fourth-order valence-electron chi connectivity index (χ4n) is 1.84. The lowest BCUT2D eigenvalue weighted by Crippen LogP contribution is -2.37. The van der Waals surface area contributed by atoms with Crippen LogP contribution in [0.2, 0.25) is 0 Å². The van der Waals surface area contributed by atoms with Gasteiger partial charge in [-0.25, -0.2) is 0 Å². The highest BCUT2D eigenvalue weighted by atomic mass is 16.5. The molecule has 3 atom stereocenters. The van der Waals surface area contributed by atoms with Gasteiger partial charge in [-0.2, -0.15) is 0 Å². The minimum atomic E-state index is 0.618. The van der Waals surface area contributed by atoms with Crippen LogP contribution in [-0.2, 0) is 4.74 Å². The molecule has 0 radical (unpaired) electrons. The number of methoxy groups -OCH3 is 1. The summed E-state index contributed by atoms with van der Waals surface area (Å²) >= 11 is 0. The molecule has 3 unspecified atom stereocenters. The molecule has 0 amide bonds. The van der Waals surface area contributed by atoms with E-state index in [-0.39, 0.29) is 0 Å². The van der Waals surface area contributed by atoms with Gasteiger partial charge in [0.25, 0.3) is 0 Å². The van der Waals surface area contributed by atoms with Crippen molar-refractivity contribution in [2.45, 2.75) is 53.0 Å². The smallest absolute Gasteiger partial charge is 0.169 e. The monoisotopic (exact) mass is 242 g/mol. The summed E-state index contributed by atoms with van der Waals surface area (Å²) in [5.74, 6) is 1.53. The van der Waals surface area contributed by atoms with E-state index < -0.39 is 0 Å². The van der Waals surface area contributed by atoms with Crippen LogP contribution in [0.1, 0.15) is 47.0 Å². The largest absolute Gasteiger partial charge is 0.487 e. The number of hydrogen-bond acceptors (Lipinski definition) is 3. The lowest BCUT2D eigenvalue weighted by atomic mass is 9.89. The molecule has 0 rings (SSSR count). The third kappa shape index (κ3) is 8.19. The van der Waals surface area contributed by atoms with Gasteiger partial charge in [0.2, 0.25) is 0 Å². The van der Waals surface area contributed by atoms with Crippen LogP contribution >= 0.6 is 0 Å². The zero-order valence-corrected chi connectivity index (χ0v) is 12.2. The molecule has 0 aromatic carbocycles. The molecule has 0 aromatic rings. The quantitative estimate of drug-likeness (QED) is 0.363. The highest BCUT2D eigenvalue weighted by molar-refractivity contribution is 5.45. The van der Waals surface area contributed by atoms with Gasteiger partial charge in [0.15, 0.2) is 6.40 Å². The van der Waals surface area contributed by atoms with Crippen molar-refractivity contribution in [2.75, 3.05) is 20.2 Å². The summed E-state index contributed by atoms with van der Waals surface area (Å²) < 4.78 is 4.78. The van der Waals surface area contributed by atoms with E-state index in [1.807, 2.05) is 0 Å². The second-order valence-electron chi connectivity index (χ2n) is 4.94. The summed E-state index contributed by atoms with van der Waals surface area (Å²) in [6.07, 6.45) is 5.26. The van der Waals surface area contributed by atoms with Gasteiger partial charge in [-0.05, 0) is 18.3 Å². The Balaban J connectivity index is 3.97. The van der Waals surface area contributed by atoms with Crippen LogP contribution in [0.4, 0.5) is 0 Å². The Morgan fingerprint density at radius 1 is 1.24 bits per heavy atom. The Kier molecular flexibility index (Phi) is 10.2. The third-order valence-electron chi connectivity index (χ3n) is 3.51. The van der Waals surface area contributed by atoms with Gasteiger partial charge in [-0.15, -0.1) is 0 Å². The molecule has 0 aliphatic heterocycles. The van der Waals surface area contributed by atoms with Gasteiger partial charge in [0.1, 0.15) is 0 Å². The number of aliphatic imine (C=N–C) groups is 1. The van der Waals surface area contributed by atoms with Crippen molar-refractivity contribution in [2.24, 2.45) is 16.8 Å². The van der Waals surface area contributed by atoms with Crippen LogP contribution in [0, 0.1) is 11.8 Å². The highest BCUT2D eigenvalue weighted by Crippen LogP contribution is 2.17. The van der Waals surface area contributed by atoms with E-state index in [0.717, 1.165) is 24.9 Å². The molecule has 0 heterocycles. The molecule has 3 nitrogen and oxygen atoms in total. The average Bonchev–Trinajstić information content (AvgIpc) is 2.35. The van der Waals surface area contributed by atoms with Crippen LogP contribution in [0.15, 0.2) is 4.99 Å². The molecule has 0 aromatic heterocycles. The number of nitrogens with zero attached hydrogens (tertiary/aromatic N) is 1. The first-order valence-corrected chi connectivity index (χ1v) is 6.90. The maximum Gasteiger partial charge on any atom is 0.169 e. The maximum absolute atomic E-state index is 4.78. The van der Waals surface area contributed by atoms with Crippen LogP contribution in [0.3, 0.4) is 0 Å². The summed E-state index contributed by atoms with van der Waals surface area (Å²) in [5.41, 5.74) is 0. The molecule has 3 heteroatoms. The number of ether oxygens (including phenoxy) is 1. The Hall–Kier alpha value is -0.570. The average molecular weight is 242 g/mol. The maximum atomic E-state index is 4.78. The summed E-state index contributed by atoms with van der Waals surface area (Å²) in [6, 6.07) is 0.618. The molecule has 102 valence electrons. The molecule has 0 spiro atoms. The van der Waals surface area contributed by atoms with Crippen LogP contribution in [0.5, 0.6) is 0 Å². The van der Waals surface area contributed by atoms with E-state index in [4.69, 9.17) is 4.74 Å². The Bertz CT molecular complexity index is 195. The topological polar surface area (TPSA) is 33.6 Å². The van der Waals surface area contributed by atoms with Crippen LogP contribution < -0.4 is 5.32 Å². The summed E-state index contributed by atoms with van der Waals surface area (Å²) in [4.78, 5) is 4.14. The Morgan fingerprint density at radius 2 is 1.94 bits per heavy atom. The van der Waals surface area contributed by atoms with E-state index in [2.05, 4.69) is 38.0 Å². The molecular formula is C14H30N2O. The predicted molar refractivity (Wildman–Crippen MR) is 75.7 cm³/mol. The van der Waals surface area contributed by atoms with Gasteiger partial charge >= 0.3 is 0 Å². The Morgan fingerprint density at radius 3 is 2.47 bits per heavy atom.